The van der Waals surface area contributed by atoms with E-state index >= 15 is 0 Å². The second kappa shape index (κ2) is 4.28. The lowest BCUT2D eigenvalue weighted by Crippen LogP contribution is -2.01. The Morgan fingerprint density at radius 1 is 1.62 bits per heavy atom. The van der Waals surface area contributed by atoms with Crippen LogP contribution in [-0.2, 0) is 5.75 Å². The Balaban J connectivity index is 3.10. The molecule has 1 aromatic carbocycles. The molecule has 70 valence electrons. The van der Waals surface area contributed by atoms with Crippen LogP contribution in [0.2, 0.25) is 0 Å². The lowest BCUT2D eigenvalue weighted by molar-refractivity contribution is 0.0696. The molecule has 0 bridgehead atoms. The molecule has 0 aliphatic heterocycles. The first-order valence-corrected chi connectivity index (χ1v) is 5.05. The molecule has 0 aromatic heterocycles. The second-order valence-electron chi connectivity index (χ2n) is 2.54. The molecule has 0 spiro atoms. The van der Waals surface area contributed by atoms with E-state index in [-0.39, 0.29) is 5.56 Å². The summed E-state index contributed by atoms with van der Waals surface area (Å²) in [6.07, 6.45) is 1.84. The monoisotopic (exact) mass is 200 g/mol. The molecule has 0 saturated carbocycles. The number of hydrogen-bond acceptors (Lipinski definition) is 2. The summed E-state index contributed by atoms with van der Waals surface area (Å²) in [5.41, 5.74) is 0.704. The van der Waals surface area contributed by atoms with E-state index in [1.807, 2.05) is 6.26 Å². The van der Waals surface area contributed by atoms with Gasteiger partial charge in [0.2, 0.25) is 0 Å². The third-order valence-electron chi connectivity index (χ3n) is 1.60. The minimum atomic E-state index is -1.01. The van der Waals surface area contributed by atoms with Crippen molar-refractivity contribution in [1.82, 2.24) is 0 Å². The summed E-state index contributed by atoms with van der Waals surface area (Å²) in [4.78, 5) is 10.7. The van der Waals surface area contributed by atoms with E-state index in [1.54, 1.807) is 0 Å². The molecule has 0 aliphatic rings. The largest absolute Gasteiger partial charge is 0.478 e. The van der Waals surface area contributed by atoms with E-state index in [0.29, 0.717) is 11.3 Å². The van der Waals surface area contributed by atoms with Gasteiger partial charge in [0.1, 0.15) is 5.82 Å². The molecule has 0 heterocycles. The van der Waals surface area contributed by atoms with Crippen LogP contribution >= 0.6 is 11.8 Å². The van der Waals surface area contributed by atoms with Gasteiger partial charge in [-0.15, -0.1) is 0 Å². The normalized spacial score (nSPS) is 10.0. The molecule has 1 N–H and O–H groups in total. The van der Waals surface area contributed by atoms with Crippen molar-refractivity contribution in [2.24, 2.45) is 0 Å². The van der Waals surface area contributed by atoms with Crippen LogP contribution in [0, 0.1) is 5.82 Å². The SMILES string of the molecule is CSCc1cc(F)ccc1C(=O)O. The maximum absolute atomic E-state index is 12.7. The highest BCUT2D eigenvalue weighted by molar-refractivity contribution is 7.97. The van der Waals surface area contributed by atoms with Crippen LogP contribution in [-0.4, -0.2) is 17.3 Å². The Morgan fingerprint density at radius 3 is 2.85 bits per heavy atom. The van der Waals surface area contributed by atoms with E-state index in [2.05, 4.69) is 0 Å². The van der Waals surface area contributed by atoms with Gasteiger partial charge in [0.25, 0.3) is 0 Å². The highest BCUT2D eigenvalue weighted by atomic mass is 32.2. The van der Waals surface area contributed by atoms with Gasteiger partial charge < -0.3 is 5.11 Å². The molecule has 2 nitrogen and oxygen atoms in total. The zero-order valence-corrected chi connectivity index (χ0v) is 7.90. The number of thioether (sulfide) groups is 1. The molecule has 4 heteroatoms. The molecule has 1 aromatic rings. The van der Waals surface area contributed by atoms with Gasteiger partial charge in [0.05, 0.1) is 5.56 Å². The molecule has 0 fully saturated rings. The molecule has 0 saturated heterocycles. The Labute approximate surface area is 79.8 Å². The first-order chi connectivity index (χ1) is 6.15. The first-order valence-electron chi connectivity index (χ1n) is 3.66. The molecule has 0 radical (unpaired) electrons. The molecule has 0 aliphatic carbocycles. The van der Waals surface area contributed by atoms with Crippen molar-refractivity contribution in [2.75, 3.05) is 6.26 Å². The number of halogens is 1. The fourth-order valence-corrected chi connectivity index (χ4v) is 1.60. The van der Waals surface area contributed by atoms with Crippen molar-refractivity contribution in [1.29, 1.82) is 0 Å². The summed E-state index contributed by atoms with van der Waals surface area (Å²) in [7, 11) is 0. The molecular formula is C9H9FO2S. The van der Waals surface area contributed by atoms with Gasteiger partial charge in [0.15, 0.2) is 0 Å². The number of benzene rings is 1. The van der Waals surface area contributed by atoms with Gasteiger partial charge in [0, 0.05) is 5.75 Å². The van der Waals surface area contributed by atoms with Crippen LogP contribution in [0.25, 0.3) is 0 Å². The minimum absolute atomic E-state index is 0.177. The van der Waals surface area contributed by atoms with Gasteiger partial charge in [-0.05, 0) is 30.0 Å². The van der Waals surface area contributed by atoms with Crippen LogP contribution < -0.4 is 0 Å². The van der Waals surface area contributed by atoms with Crippen molar-refractivity contribution in [2.45, 2.75) is 5.75 Å². The zero-order chi connectivity index (χ0) is 9.84. The Kier molecular flexibility index (Phi) is 3.31. The van der Waals surface area contributed by atoms with E-state index < -0.39 is 11.8 Å². The van der Waals surface area contributed by atoms with Crippen LogP contribution in [0.1, 0.15) is 15.9 Å². The summed E-state index contributed by atoms with van der Waals surface area (Å²) >= 11 is 1.46. The lowest BCUT2D eigenvalue weighted by atomic mass is 10.1. The van der Waals surface area contributed by atoms with Crippen LogP contribution in [0.5, 0.6) is 0 Å². The molecule has 0 atom stereocenters. The van der Waals surface area contributed by atoms with Crippen LogP contribution in [0.3, 0.4) is 0 Å². The van der Waals surface area contributed by atoms with Gasteiger partial charge in [-0.2, -0.15) is 11.8 Å². The van der Waals surface area contributed by atoms with Crippen molar-refractivity contribution in [3.8, 4) is 0 Å². The maximum atomic E-state index is 12.7. The van der Waals surface area contributed by atoms with E-state index in [9.17, 15) is 9.18 Å². The van der Waals surface area contributed by atoms with Gasteiger partial charge in [-0.3, -0.25) is 0 Å². The number of hydrogen-bond donors (Lipinski definition) is 1. The molecule has 1 rings (SSSR count). The molecule has 13 heavy (non-hydrogen) atoms. The van der Waals surface area contributed by atoms with Crippen LogP contribution in [0.4, 0.5) is 4.39 Å². The van der Waals surface area contributed by atoms with Crippen LogP contribution in [0.15, 0.2) is 18.2 Å². The number of carboxylic acids is 1. The average molecular weight is 200 g/mol. The van der Waals surface area contributed by atoms with E-state index in [0.717, 1.165) is 6.07 Å². The predicted molar refractivity (Wildman–Crippen MR) is 50.6 cm³/mol. The van der Waals surface area contributed by atoms with Crippen molar-refractivity contribution >= 4 is 17.7 Å². The number of rotatable bonds is 3. The van der Waals surface area contributed by atoms with Gasteiger partial charge >= 0.3 is 5.97 Å². The first kappa shape index (κ1) is 10.1. The third kappa shape index (κ3) is 2.45. The van der Waals surface area contributed by atoms with E-state index in [1.165, 1.54) is 23.9 Å². The summed E-state index contributed by atoms with van der Waals surface area (Å²) in [5.74, 6) is -0.891. The summed E-state index contributed by atoms with van der Waals surface area (Å²) in [6.45, 7) is 0. The fraction of sp³-hybridized carbons (Fsp3) is 0.222. The van der Waals surface area contributed by atoms with Crippen molar-refractivity contribution < 1.29 is 14.3 Å². The summed E-state index contributed by atoms with van der Waals surface area (Å²) < 4.78 is 12.7. The smallest absolute Gasteiger partial charge is 0.335 e. The summed E-state index contributed by atoms with van der Waals surface area (Å²) in [5, 5.41) is 8.75. The lowest BCUT2D eigenvalue weighted by Gasteiger charge is -2.03. The Bertz CT molecular complexity index is 325. The number of aromatic carboxylic acids is 1. The number of carboxylic acid groups (broad SMARTS) is 1. The minimum Gasteiger partial charge on any atom is -0.478 e. The Hall–Kier alpha value is -1.03. The quantitative estimate of drug-likeness (QED) is 0.814. The second-order valence-corrected chi connectivity index (χ2v) is 3.41. The Morgan fingerprint density at radius 2 is 2.31 bits per heavy atom. The topological polar surface area (TPSA) is 37.3 Å². The fourth-order valence-electron chi connectivity index (χ4n) is 1.05. The molecule has 0 amide bonds. The maximum Gasteiger partial charge on any atom is 0.335 e. The van der Waals surface area contributed by atoms with Gasteiger partial charge in [-0.1, -0.05) is 0 Å². The highest BCUT2D eigenvalue weighted by Crippen LogP contribution is 2.16. The standard InChI is InChI=1S/C9H9FO2S/c1-13-5-6-4-7(10)2-3-8(6)9(11)12/h2-4H,5H2,1H3,(H,11,12). The molecule has 0 unspecified atom stereocenters. The van der Waals surface area contributed by atoms with Gasteiger partial charge in [-0.25, -0.2) is 9.18 Å². The summed E-state index contributed by atoms with van der Waals surface area (Å²) in [6, 6.07) is 3.72. The van der Waals surface area contributed by atoms with Crippen molar-refractivity contribution in [3.63, 3.8) is 0 Å². The third-order valence-corrected chi connectivity index (χ3v) is 2.20. The predicted octanol–water partition coefficient (Wildman–Crippen LogP) is 2.39. The van der Waals surface area contributed by atoms with Crippen molar-refractivity contribution in [3.05, 3.63) is 35.1 Å². The molecular weight excluding hydrogens is 191 g/mol. The average Bonchev–Trinajstić information content (AvgIpc) is 2.04. The zero-order valence-electron chi connectivity index (χ0n) is 7.08. The highest BCUT2D eigenvalue weighted by Gasteiger charge is 2.09. The van der Waals surface area contributed by atoms with E-state index in [4.69, 9.17) is 5.11 Å². The number of carbonyl (C=O) groups is 1.